The topological polar surface area (TPSA) is 12.5 Å². The van der Waals surface area contributed by atoms with Gasteiger partial charge in [-0.1, -0.05) is 26.0 Å². The van der Waals surface area contributed by atoms with E-state index in [9.17, 15) is 13.2 Å². The first-order chi connectivity index (χ1) is 11.7. The monoisotopic (exact) mass is 357 g/mol. The molecule has 2 atom stereocenters. The zero-order valence-electron chi connectivity index (χ0n) is 15.7. The molecule has 2 rings (SSSR count). The van der Waals surface area contributed by atoms with E-state index < -0.39 is 11.7 Å². The van der Waals surface area contributed by atoms with Crippen LogP contribution in [0.1, 0.15) is 57.6 Å². The van der Waals surface area contributed by atoms with Crippen LogP contribution in [0.3, 0.4) is 0 Å². The number of hydrogen-bond acceptors (Lipinski definition) is 2. The lowest BCUT2D eigenvalue weighted by atomic mass is 9.75. The maximum atomic E-state index is 12.8. The van der Waals surface area contributed by atoms with Crippen LogP contribution >= 0.6 is 0 Å². The number of piperidine rings is 1. The van der Waals surface area contributed by atoms with Gasteiger partial charge in [0, 0.05) is 26.2 Å². The Bertz CT molecular complexity index is 535. The minimum Gasteiger partial charge on any atom is -0.381 e. The van der Waals surface area contributed by atoms with Gasteiger partial charge in [-0.25, -0.2) is 0 Å². The summed E-state index contributed by atoms with van der Waals surface area (Å²) in [5.41, 5.74) is 0.285. The van der Waals surface area contributed by atoms with Gasteiger partial charge in [0.15, 0.2) is 0 Å². The first kappa shape index (κ1) is 20.2. The number of halogens is 3. The van der Waals surface area contributed by atoms with Crippen molar-refractivity contribution in [3.05, 3.63) is 35.4 Å². The molecule has 0 radical (unpaired) electrons. The Labute approximate surface area is 149 Å². The molecule has 0 bridgehead atoms. The highest BCUT2D eigenvalue weighted by Gasteiger charge is 2.33. The van der Waals surface area contributed by atoms with Gasteiger partial charge in [0.25, 0.3) is 0 Å². The predicted molar refractivity (Wildman–Crippen MR) is 94.8 cm³/mol. The summed E-state index contributed by atoms with van der Waals surface area (Å²) < 4.78 is 43.8. The molecule has 0 aliphatic carbocycles. The first-order valence-corrected chi connectivity index (χ1v) is 9.14. The summed E-state index contributed by atoms with van der Waals surface area (Å²) in [6.45, 7) is 8.54. The number of benzene rings is 1. The Morgan fingerprint density at radius 1 is 1.12 bits per heavy atom. The quantitative estimate of drug-likeness (QED) is 0.688. The van der Waals surface area contributed by atoms with E-state index in [2.05, 4.69) is 25.7 Å². The predicted octanol–water partition coefficient (Wildman–Crippen LogP) is 5.26. The summed E-state index contributed by atoms with van der Waals surface area (Å²) in [5, 5.41) is 0. The lowest BCUT2D eigenvalue weighted by Gasteiger charge is -2.40. The Morgan fingerprint density at radius 3 is 2.08 bits per heavy atom. The van der Waals surface area contributed by atoms with E-state index in [4.69, 9.17) is 4.74 Å². The van der Waals surface area contributed by atoms with Gasteiger partial charge in [-0.15, -0.1) is 0 Å². The van der Waals surface area contributed by atoms with Crippen LogP contribution in [0, 0.1) is 0 Å². The summed E-state index contributed by atoms with van der Waals surface area (Å²) >= 11 is 0. The van der Waals surface area contributed by atoms with Crippen molar-refractivity contribution < 1.29 is 17.9 Å². The minimum absolute atomic E-state index is 0.123. The van der Waals surface area contributed by atoms with Crippen molar-refractivity contribution in [1.82, 2.24) is 4.90 Å². The molecule has 1 heterocycles. The van der Waals surface area contributed by atoms with Crippen LogP contribution < -0.4 is 0 Å². The summed E-state index contributed by atoms with van der Waals surface area (Å²) in [5.74, 6) is 0. The molecule has 1 saturated heterocycles. The molecule has 1 aliphatic rings. The maximum Gasteiger partial charge on any atom is 0.416 e. The lowest BCUT2D eigenvalue weighted by molar-refractivity contribution is -0.137. The average Bonchev–Trinajstić information content (AvgIpc) is 2.61. The number of rotatable bonds is 6. The Hall–Kier alpha value is -1.07. The van der Waals surface area contributed by atoms with Crippen molar-refractivity contribution in [2.24, 2.45) is 0 Å². The molecule has 0 amide bonds. The molecule has 2 nitrogen and oxygen atoms in total. The van der Waals surface area contributed by atoms with Crippen LogP contribution in [-0.2, 0) is 16.3 Å². The fourth-order valence-electron chi connectivity index (χ4n) is 3.86. The van der Waals surface area contributed by atoms with Crippen molar-refractivity contribution in [2.45, 2.75) is 70.2 Å². The van der Waals surface area contributed by atoms with Crippen LogP contribution in [0.15, 0.2) is 24.3 Å². The van der Waals surface area contributed by atoms with Crippen molar-refractivity contribution in [2.75, 3.05) is 20.2 Å². The molecule has 1 aliphatic heterocycles. The number of nitrogens with zero attached hydrogens (tertiary/aromatic N) is 1. The van der Waals surface area contributed by atoms with Crippen LogP contribution in [-0.4, -0.2) is 37.2 Å². The standard InChI is InChI=1S/C20H30F3NO/c1-5-19(3,16-6-8-17(9-7-16)20(21,22)23)14-15(2)24-12-10-18(25-4)11-13-24/h6-9,15,18H,5,10-14H2,1-4H3. The van der Waals surface area contributed by atoms with E-state index >= 15 is 0 Å². The van der Waals surface area contributed by atoms with E-state index in [0.717, 1.165) is 44.3 Å². The minimum atomic E-state index is -4.28. The Morgan fingerprint density at radius 2 is 1.64 bits per heavy atom. The van der Waals surface area contributed by atoms with E-state index in [-0.39, 0.29) is 5.41 Å². The lowest BCUT2D eigenvalue weighted by Crippen LogP contribution is -2.44. The van der Waals surface area contributed by atoms with Crippen LogP contribution in [0.25, 0.3) is 0 Å². The fraction of sp³-hybridized carbons (Fsp3) is 0.700. The molecule has 142 valence electrons. The number of ether oxygens (including phenoxy) is 1. The zero-order valence-corrected chi connectivity index (χ0v) is 15.7. The second-order valence-electron chi connectivity index (χ2n) is 7.51. The van der Waals surface area contributed by atoms with Gasteiger partial charge in [0.1, 0.15) is 0 Å². The van der Waals surface area contributed by atoms with Crippen LogP contribution in [0.2, 0.25) is 0 Å². The number of methoxy groups -OCH3 is 1. The third-order valence-corrected chi connectivity index (χ3v) is 5.87. The van der Waals surface area contributed by atoms with Gasteiger partial charge < -0.3 is 9.64 Å². The van der Waals surface area contributed by atoms with Crippen LogP contribution in [0.4, 0.5) is 13.2 Å². The number of hydrogen-bond donors (Lipinski definition) is 0. The van der Waals surface area contributed by atoms with Crippen molar-refractivity contribution in [1.29, 1.82) is 0 Å². The molecule has 25 heavy (non-hydrogen) atoms. The molecule has 0 N–H and O–H groups in total. The Balaban J connectivity index is 2.06. The van der Waals surface area contributed by atoms with Gasteiger partial charge in [-0.2, -0.15) is 13.2 Å². The van der Waals surface area contributed by atoms with Gasteiger partial charge in [0.05, 0.1) is 11.7 Å². The van der Waals surface area contributed by atoms with E-state index in [1.165, 1.54) is 12.1 Å². The molecule has 1 aromatic carbocycles. The third kappa shape index (κ3) is 4.98. The van der Waals surface area contributed by atoms with Crippen molar-refractivity contribution >= 4 is 0 Å². The van der Waals surface area contributed by atoms with E-state index in [0.29, 0.717) is 12.1 Å². The summed E-state index contributed by atoms with van der Waals surface area (Å²) in [6, 6.07) is 6.10. The summed E-state index contributed by atoms with van der Waals surface area (Å²) in [4.78, 5) is 2.48. The van der Waals surface area contributed by atoms with Gasteiger partial charge in [0.2, 0.25) is 0 Å². The molecule has 0 saturated carbocycles. The fourth-order valence-corrected chi connectivity index (χ4v) is 3.86. The molecular formula is C20H30F3NO. The highest BCUT2D eigenvalue weighted by Crippen LogP contribution is 2.36. The highest BCUT2D eigenvalue weighted by atomic mass is 19.4. The highest BCUT2D eigenvalue weighted by molar-refractivity contribution is 5.30. The van der Waals surface area contributed by atoms with Gasteiger partial charge in [-0.3, -0.25) is 0 Å². The smallest absolute Gasteiger partial charge is 0.381 e. The summed E-state index contributed by atoms with van der Waals surface area (Å²) in [6.07, 6.45) is 0.00793. The molecule has 1 fully saturated rings. The first-order valence-electron chi connectivity index (χ1n) is 9.14. The van der Waals surface area contributed by atoms with E-state index in [1.54, 1.807) is 19.2 Å². The second kappa shape index (κ2) is 8.09. The second-order valence-corrected chi connectivity index (χ2v) is 7.51. The third-order valence-electron chi connectivity index (χ3n) is 5.87. The summed E-state index contributed by atoms with van der Waals surface area (Å²) in [7, 11) is 1.77. The molecule has 1 aromatic rings. The van der Waals surface area contributed by atoms with Gasteiger partial charge >= 0.3 is 6.18 Å². The van der Waals surface area contributed by atoms with E-state index in [1.807, 2.05) is 0 Å². The molecule has 0 spiro atoms. The van der Waals surface area contributed by atoms with Crippen LogP contribution in [0.5, 0.6) is 0 Å². The molecule has 0 aromatic heterocycles. The molecule has 5 heteroatoms. The SMILES string of the molecule is CCC(C)(CC(C)N1CCC(OC)CC1)c1ccc(C(F)(F)F)cc1. The Kier molecular flexibility index (Phi) is 6.55. The van der Waals surface area contributed by atoms with Crippen molar-refractivity contribution in [3.63, 3.8) is 0 Å². The largest absolute Gasteiger partial charge is 0.416 e. The number of likely N-dealkylation sites (tertiary alicyclic amines) is 1. The molecular weight excluding hydrogens is 327 g/mol. The normalized spacial score (nSPS) is 21.1. The zero-order chi connectivity index (χ0) is 18.7. The van der Waals surface area contributed by atoms with Gasteiger partial charge in [-0.05, 0) is 55.7 Å². The average molecular weight is 357 g/mol. The number of alkyl halides is 3. The van der Waals surface area contributed by atoms with Crippen molar-refractivity contribution in [3.8, 4) is 0 Å². The maximum absolute atomic E-state index is 12.8. The molecule has 2 unspecified atom stereocenters.